The minimum Gasteiger partial charge on any atom is -0.480 e. The summed E-state index contributed by atoms with van der Waals surface area (Å²) < 4.78 is 0. The summed E-state index contributed by atoms with van der Waals surface area (Å²) in [6, 6.07) is 14.2. The number of rotatable bonds is 8. The first-order valence-electron chi connectivity index (χ1n) is 8.47. The zero-order valence-electron chi connectivity index (χ0n) is 14.6. The van der Waals surface area contributed by atoms with Crippen LogP contribution in [0.1, 0.15) is 39.6 Å². The normalized spacial score (nSPS) is 11.4. The SMILES string of the molecule is CCCNC(=O)c1cccc(C(=O)N[C@@H](Cc2ccccc2)C(=O)O)c1. The van der Waals surface area contributed by atoms with Crippen LogP contribution in [0, 0.1) is 0 Å². The van der Waals surface area contributed by atoms with Crippen LogP contribution in [-0.4, -0.2) is 35.5 Å². The molecule has 0 radical (unpaired) electrons. The number of hydrogen-bond acceptors (Lipinski definition) is 3. The van der Waals surface area contributed by atoms with Gasteiger partial charge in [0.1, 0.15) is 6.04 Å². The second kappa shape index (κ2) is 9.36. The maximum Gasteiger partial charge on any atom is 0.326 e. The summed E-state index contributed by atoms with van der Waals surface area (Å²) in [5.41, 5.74) is 1.42. The first-order valence-corrected chi connectivity index (χ1v) is 8.47. The summed E-state index contributed by atoms with van der Waals surface area (Å²) in [6.45, 7) is 2.50. The number of carbonyl (C=O) groups is 3. The van der Waals surface area contributed by atoms with Crippen LogP contribution in [0.15, 0.2) is 54.6 Å². The van der Waals surface area contributed by atoms with Crippen LogP contribution in [-0.2, 0) is 11.2 Å². The molecule has 0 unspecified atom stereocenters. The topological polar surface area (TPSA) is 95.5 Å². The number of carbonyl (C=O) groups excluding carboxylic acids is 2. The van der Waals surface area contributed by atoms with Gasteiger partial charge in [0.2, 0.25) is 0 Å². The quantitative estimate of drug-likeness (QED) is 0.677. The first-order chi connectivity index (χ1) is 12.5. The zero-order chi connectivity index (χ0) is 18.9. The molecule has 26 heavy (non-hydrogen) atoms. The van der Waals surface area contributed by atoms with Crippen molar-refractivity contribution in [2.75, 3.05) is 6.54 Å². The van der Waals surface area contributed by atoms with Crippen LogP contribution in [0.2, 0.25) is 0 Å². The van der Waals surface area contributed by atoms with Crippen molar-refractivity contribution in [1.82, 2.24) is 10.6 Å². The third-order valence-electron chi connectivity index (χ3n) is 3.81. The molecule has 6 heteroatoms. The summed E-state index contributed by atoms with van der Waals surface area (Å²) in [7, 11) is 0. The van der Waals surface area contributed by atoms with Gasteiger partial charge in [0.05, 0.1) is 0 Å². The van der Waals surface area contributed by atoms with Crippen LogP contribution in [0.3, 0.4) is 0 Å². The standard InChI is InChI=1S/C20H22N2O4/c1-2-11-21-18(23)15-9-6-10-16(13-15)19(24)22-17(20(25)26)12-14-7-4-3-5-8-14/h3-10,13,17H,2,11-12H2,1H3,(H,21,23)(H,22,24)(H,25,26)/t17-/m0/s1. The molecule has 0 heterocycles. The molecule has 2 amide bonds. The average molecular weight is 354 g/mol. The molecule has 0 spiro atoms. The lowest BCUT2D eigenvalue weighted by molar-refractivity contribution is -0.139. The highest BCUT2D eigenvalue weighted by Crippen LogP contribution is 2.08. The van der Waals surface area contributed by atoms with E-state index in [4.69, 9.17) is 0 Å². The first kappa shape index (κ1) is 19.2. The number of nitrogens with one attached hydrogen (secondary N) is 2. The molecule has 0 aliphatic carbocycles. The Labute approximate surface area is 152 Å². The molecule has 2 aromatic rings. The van der Waals surface area contributed by atoms with Gasteiger partial charge in [-0.15, -0.1) is 0 Å². The molecule has 136 valence electrons. The maximum absolute atomic E-state index is 12.4. The van der Waals surface area contributed by atoms with Gasteiger partial charge in [0.15, 0.2) is 0 Å². The van der Waals surface area contributed by atoms with E-state index in [1.807, 2.05) is 25.1 Å². The fourth-order valence-corrected chi connectivity index (χ4v) is 2.43. The molecular formula is C20H22N2O4. The van der Waals surface area contributed by atoms with Crippen molar-refractivity contribution in [2.24, 2.45) is 0 Å². The lowest BCUT2D eigenvalue weighted by Crippen LogP contribution is -2.42. The lowest BCUT2D eigenvalue weighted by Gasteiger charge is -2.15. The van der Waals surface area contributed by atoms with E-state index in [1.165, 1.54) is 6.07 Å². The number of hydrogen-bond donors (Lipinski definition) is 3. The Hall–Kier alpha value is -3.15. The molecule has 2 rings (SSSR count). The molecule has 0 saturated heterocycles. The van der Waals surface area contributed by atoms with Gasteiger partial charge in [-0.05, 0) is 30.2 Å². The second-order valence-electron chi connectivity index (χ2n) is 5.89. The van der Waals surface area contributed by atoms with Gasteiger partial charge >= 0.3 is 5.97 Å². The molecule has 1 atom stereocenters. The highest BCUT2D eigenvalue weighted by atomic mass is 16.4. The Balaban J connectivity index is 2.09. The third-order valence-corrected chi connectivity index (χ3v) is 3.81. The molecular weight excluding hydrogens is 332 g/mol. The molecule has 2 aromatic carbocycles. The van der Waals surface area contributed by atoms with Crippen LogP contribution < -0.4 is 10.6 Å². The maximum atomic E-state index is 12.4. The van der Waals surface area contributed by atoms with Crippen LogP contribution in [0.4, 0.5) is 0 Å². The van der Waals surface area contributed by atoms with E-state index in [2.05, 4.69) is 10.6 Å². The van der Waals surface area contributed by atoms with E-state index in [0.717, 1.165) is 12.0 Å². The van der Waals surface area contributed by atoms with E-state index in [0.29, 0.717) is 12.1 Å². The Kier molecular flexibility index (Phi) is 6.91. The summed E-state index contributed by atoms with van der Waals surface area (Å²) in [4.78, 5) is 35.9. The molecule has 0 aromatic heterocycles. The minimum absolute atomic E-state index is 0.179. The van der Waals surface area contributed by atoms with Crippen molar-refractivity contribution >= 4 is 17.8 Å². The fraction of sp³-hybridized carbons (Fsp3) is 0.250. The van der Waals surface area contributed by atoms with Crippen LogP contribution in [0.25, 0.3) is 0 Å². The summed E-state index contributed by atoms with van der Waals surface area (Å²) in [6.07, 6.45) is 0.990. The zero-order valence-corrected chi connectivity index (χ0v) is 14.6. The Morgan fingerprint density at radius 2 is 1.62 bits per heavy atom. The highest BCUT2D eigenvalue weighted by molar-refractivity contribution is 6.00. The number of carboxylic acids is 1. The molecule has 6 nitrogen and oxygen atoms in total. The van der Waals surface area contributed by atoms with Gasteiger partial charge in [-0.25, -0.2) is 4.79 Å². The summed E-state index contributed by atoms with van der Waals surface area (Å²) in [5, 5.41) is 14.7. The van der Waals surface area contributed by atoms with Gasteiger partial charge < -0.3 is 15.7 Å². The number of aliphatic carboxylic acids is 1. The fourth-order valence-electron chi connectivity index (χ4n) is 2.43. The molecule has 0 aliphatic rings. The molecule has 0 bridgehead atoms. The monoisotopic (exact) mass is 354 g/mol. The third kappa shape index (κ3) is 5.44. The Morgan fingerprint density at radius 1 is 0.962 bits per heavy atom. The van der Waals surface area contributed by atoms with Crippen molar-refractivity contribution in [2.45, 2.75) is 25.8 Å². The van der Waals surface area contributed by atoms with Crippen molar-refractivity contribution in [1.29, 1.82) is 0 Å². The van der Waals surface area contributed by atoms with Crippen LogP contribution in [0.5, 0.6) is 0 Å². The Morgan fingerprint density at radius 3 is 2.23 bits per heavy atom. The van der Waals surface area contributed by atoms with Gasteiger partial charge in [0, 0.05) is 24.1 Å². The molecule has 0 saturated carbocycles. The molecule has 3 N–H and O–H groups in total. The lowest BCUT2D eigenvalue weighted by atomic mass is 10.0. The predicted octanol–water partition coefficient (Wildman–Crippen LogP) is 2.25. The van der Waals surface area contributed by atoms with Gasteiger partial charge in [-0.3, -0.25) is 9.59 Å². The smallest absolute Gasteiger partial charge is 0.326 e. The number of benzene rings is 2. The number of carboxylic acid groups (broad SMARTS) is 1. The minimum atomic E-state index is -1.11. The average Bonchev–Trinajstić information content (AvgIpc) is 2.66. The number of amides is 2. The van der Waals surface area contributed by atoms with E-state index < -0.39 is 17.9 Å². The van der Waals surface area contributed by atoms with E-state index in [1.54, 1.807) is 30.3 Å². The van der Waals surface area contributed by atoms with Gasteiger partial charge in [0.25, 0.3) is 11.8 Å². The van der Waals surface area contributed by atoms with Crippen LogP contribution >= 0.6 is 0 Å². The van der Waals surface area contributed by atoms with Gasteiger partial charge in [-0.2, -0.15) is 0 Å². The van der Waals surface area contributed by atoms with Crippen molar-refractivity contribution in [3.63, 3.8) is 0 Å². The second-order valence-corrected chi connectivity index (χ2v) is 5.89. The largest absolute Gasteiger partial charge is 0.480 e. The predicted molar refractivity (Wildman–Crippen MR) is 98.1 cm³/mol. The molecule has 0 fully saturated rings. The highest BCUT2D eigenvalue weighted by Gasteiger charge is 2.21. The van der Waals surface area contributed by atoms with E-state index in [-0.39, 0.29) is 17.9 Å². The summed E-state index contributed by atoms with van der Waals surface area (Å²) in [5.74, 6) is -1.90. The Bertz CT molecular complexity index is 774. The van der Waals surface area contributed by atoms with Crippen molar-refractivity contribution in [3.8, 4) is 0 Å². The van der Waals surface area contributed by atoms with Crippen molar-refractivity contribution < 1.29 is 19.5 Å². The van der Waals surface area contributed by atoms with E-state index >= 15 is 0 Å². The van der Waals surface area contributed by atoms with Crippen molar-refractivity contribution in [3.05, 3.63) is 71.3 Å². The van der Waals surface area contributed by atoms with E-state index in [9.17, 15) is 19.5 Å². The molecule has 0 aliphatic heterocycles. The summed E-state index contributed by atoms with van der Waals surface area (Å²) >= 11 is 0. The van der Waals surface area contributed by atoms with Gasteiger partial charge in [-0.1, -0.05) is 43.3 Å².